The van der Waals surface area contributed by atoms with E-state index in [1.807, 2.05) is 20.9 Å². The Hall–Kier alpha value is -1.10. The van der Waals surface area contributed by atoms with E-state index in [-0.39, 0.29) is 24.0 Å². The van der Waals surface area contributed by atoms with E-state index in [9.17, 15) is 9.59 Å². The number of amides is 2. The standard InChI is InChI=1S/C14H27N3O2/c1-11(2)17(10-12(15)18)13(19)9-14(16-3)7-5-4-6-8-14/h11,16H,4-10H2,1-3H3,(H2,15,18). The second-order valence-corrected chi connectivity index (χ2v) is 5.85. The van der Waals surface area contributed by atoms with Gasteiger partial charge in [-0.25, -0.2) is 0 Å². The summed E-state index contributed by atoms with van der Waals surface area (Å²) in [6.07, 6.45) is 6.06. The first-order valence-corrected chi connectivity index (χ1v) is 7.17. The van der Waals surface area contributed by atoms with Crippen LogP contribution in [0.3, 0.4) is 0 Å². The van der Waals surface area contributed by atoms with Crippen molar-refractivity contribution < 1.29 is 9.59 Å². The molecule has 0 radical (unpaired) electrons. The van der Waals surface area contributed by atoms with Gasteiger partial charge in [0.05, 0.1) is 6.54 Å². The molecule has 0 saturated heterocycles. The first kappa shape index (κ1) is 16.0. The number of nitrogens with zero attached hydrogens (tertiary/aromatic N) is 1. The summed E-state index contributed by atoms with van der Waals surface area (Å²) < 4.78 is 0. The molecular weight excluding hydrogens is 242 g/mol. The highest BCUT2D eigenvalue weighted by Gasteiger charge is 2.34. The second kappa shape index (κ2) is 6.89. The molecule has 0 bridgehead atoms. The van der Waals surface area contributed by atoms with Crippen molar-refractivity contribution in [2.45, 2.75) is 64.0 Å². The predicted molar refractivity (Wildman–Crippen MR) is 75.5 cm³/mol. The largest absolute Gasteiger partial charge is 0.368 e. The summed E-state index contributed by atoms with van der Waals surface area (Å²) in [7, 11) is 1.92. The van der Waals surface area contributed by atoms with Gasteiger partial charge in [0.1, 0.15) is 0 Å². The van der Waals surface area contributed by atoms with Gasteiger partial charge in [-0.1, -0.05) is 19.3 Å². The van der Waals surface area contributed by atoms with Crippen molar-refractivity contribution >= 4 is 11.8 Å². The Balaban J connectivity index is 2.71. The van der Waals surface area contributed by atoms with E-state index < -0.39 is 5.91 Å². The van der Waals surface area contributed by atoms with Crippen molar-refractivity contribution in [1.29, 1.82) is 0 Å². The minimum atomic E-state index is -0.454. The van der Waals surface area contributed by atoms with Gasteiger partial charge < -0.3 is 16.0 Å². The van der Waals surface area contributed by atoms with Crippen molar-refractivity contribution in [1.82, 2.24) is 10.2 Å². The highest BCUT2D eigenvalue weighted by atomic mass is 16.2. The quantitative estimate of drug-likeness (QED) is 0.756. The van der Waals surface area contributed by atoms with Crippen LogP contribution >= 0.6 is 0 Å². The van der Waals surface area contributed by atoms with E-state index in [1.54, 1.807) is 4.90 Å². The van der Waals surface area contributed by atoms with Gasteiger partial charge >= 0.3 is 0 Å². The first-order chi connectivity index (χ1) is 8.90. The van der Waals surface area contributed by atoms with Gasteiger partial charge in [-0.05, 0) is 33.7 Å². The summed E-state index contributed by atoms with van der Waals surface area (Å²) >= 11 is 0. The average molecular weight is 269 g/mol. The zero-order chi connectivity index (χ0) is 14.5. The normalized spacial score (nSPS) is 18.3. The maximum absolute atomic E-state index is 12.4. The summed E-state index contributed by atoms with van der Waals surface area (Å²) in [5, 5.41) is 3.33. The summed E-state index contributed by atoms with van der Waals surface area (Å²) in [5.41, 5.74) is 5.12. The van der Waals surface area contributed by atoms with Gasteiger partial charge in [-0.15, -0.1) is 0 Å². The molecule has 19 heavy (non-hydrogen) atoms. The SMILES string of the molecule is CNC1(CC(=O)N(CC(N)=O)C(C)C)CCCCC1. The third kappa shape index (κ3) is 4.49. The Bertz CT molecular complexity index is 323. The van der Waals surface area contributed by atoms with Crippen molar-refractivity contribution in [2.75, 3.05) is 13.6 Å². The molecule has 1 saturated carbocycles. The monoisotopic (exact) mass is 269 g/mol. The molecule has 110 valence electrons. The fourth-order valence-electron chi connectivity index (χ4n) is 2.86. The van der Waals surface area contributed by atoms with Crippen molar-refractivity contribution in [2.24, 2.45) is 5.73 Å². The summed E-state index contributed by atoms with van der Waals surface area (Å²) in [6.45, 7) is 3.83. The number of rotatable bonds is 6. The Labute approximate surface area is 115 Å². The molecule has 1 aliphatic carbocycles. The lowest BCUT2D eigenvalue weighted by molar-refractivity contribution is -0.138. The van der Waals surface area contributed by atoms with Gasteiger partial charge in [-0.3, -0.25) is 9.59 Å². The zero-order valence-corrected chi connectivity index (χ0v) is 12.4. The smallest absolute Gasteiger partial charge is 0.237 e. The van der Waals surface area contributed by atoms with Crippen LogP contribution in [0, 0.1) is 0 Å². The lowest BCUT2D eigenvalue weighted by Gasteiger charge is -2.38. The van der Waals surface area contributed by atoms with Crippen molar-refractivity contribution in [3.8, 4) is 0 Å². The van der Waals surface area contributed by atoms with E-state index in [0.717, 1.165) is 25.7 Å². The van der Waals surface area contributed by atoms with Crippen LogP contribution in [0.2, 0.25) is 0 Å². The van der Waals surface area contributed by atoms with Crippen LogP contribution in [0.25, 0.3) is 0 Å². The molecular formula is C14H27N3O2. The number of carbonyl (C=O) groups excluding carboxylic acids is 2. The third-order valence-corrected chi connectivity index (χ3v) is 4.10. The van der Waals surface area contributed by atoms with Crippen molar-refractivity contribution in [3.63, 3.8) is 0 Å². The van der Waals surface area contributed by atoms with Gasteiger partial charge in [0.2, 0.25) is 11.8 Å². The van der Waals surface area contributed by atoms with Crippen LogP contribution < -0.4 is 11.1 Å². The average Bonchev–Trinajstić information content (AvgIpc) is 2.36. The predicted octanol–water partition coefficient (Wildman–Crippen LogP) is 1.02. The molecule has 0 aromatic carbocycles. The molecule has 1 rings (SSSR count). The minimum absolute atomic E-state index is 0.00232. The summed E-state index contributed by atoms with van der Waals surface area (Å²) in [4.78, 5) is 25.1. The van der Waals surface area contributed by atoms with Crippen LogP contribution in [0.1, 0.15) is 52.4 Å². The molecule has 0 aliphatic heterocycles. The Morgan fingerprint density at radius 3 is 2.26 bits per heavy atom. The Kier molecular flexibility index (Phi) is 5.79. The second-order valence-electron chi connectivity index (χ2n) is 5.85. The first-order valence-electron chi connectivity index (χ1n) is 7.17. The fourth-order valence-corrected chi connectivity index (χ4v) is 2.86. The van der Waals surface area contributed by atoms with Gasteiger partial charge in [-0.2, -0.15) is 0 Å². The topological polar surface area (TPSA) is 75.4 Å². The maximum atomic E-state index is 12.4. The molecule has 3 N–H and O–H groups in total. The Morgan fingerprint density at radius 1 is 1.26 bits per heavy atom. The molecule has 5 heteroatoms. The van der Waals surface area contributed by atoms with Crippen LogP contribution in [-0.4, -0.2) is 41.9 Å². The van der Waals surface area contributed by atoms with Crippen LogP contribution in [0.4, 0.5) is 0 Å². The molecule has 1 fully saturated rings. The maximum Gasteiger partial charge on any atom is 0.237 e. The van der Waals surface area contributed by atoms with Crippen LogP contribution in [-0.2, 0) is 9.59 Å². The lowest BCUT2D eigenvalue weighted by atomic mass is 9.79. The van der Waals surface area contributed by atoms with E-state index in [1.165, 1.54) is 6.42 Å². The number of nitrogens with two attached hydrogens (primary N) is 1. The zero-order valence-electron chi connectivity index (χ0n) is 12.4. The highest BCUT2D eigenvalue weighted by molar-refractivity contribution is 5.84. The molecule has 5 nitrogen and oxygen atoms in total. The molecule has 0 heterocycles. The number of nitrogens with one attached hydrogen (secondary N) is 1. The molecule has 0 spiro atoms. The van der Waals surface area contributed by atoms with E-state index in [2.05, 4.69) is 5.32 Å². The van der Waals surface area contributed by atoms with Crippen LogP contribution in [0.5, 0.6) is 0 Å². The van der Waals surface area contributed by atoms with Gasteiger partial charge in [0, 0.05) is 18.0 Å². The molecule has 1 aliphatic rings. The van der Waals surface area contributed by atoms with Crippen LogP contribution in [0.15, 0.2) is 0 Å². The fraction of sp³-hybridized carbons (Fsp3) is 0.857. The lowest BCUT2D eigenvalue weighted by Crippen LogP contribution is -2.51. The molecule has 2 amide bonds. The molecule has 0 aromatic heterocycles. The summed E-state index contributed by atoms with van der Waals surface area (Å²) in [5.74, 6) is -0.436. The number of hydrogen-bond donors (Lipinski definition) is 2. The number of hydrogen-bond acceptors (Lipinski definition) is 3. The van der Waals surface area contributed by atoms with E-state index in [4.69, 9.17) is 5.73 Å². The number of carbonyl (C=O) groups is 2. The molecule has 0 unspecified atom stereocenters. The molecule has 0 atom stereocenters. The minimum Gasteiger partial charge on any atom is -0.368 e. The summed E-state index contributed by atoms with van der Waals surface area (Å²) in [6, 6.07) is -0.00232. The van der Waals surface area contributed by atoms with Crippen molar-refractivity contribution in [3.05, 3.63) is 0 Å². The van der Waals surface area contributed by atoms with Gasteiger partial charge in [0.15, 0.2) is 0 Å². The highest BCUT2D eigenvalue weighted by Crippen LogP contribution is 2.31. The van der Waals surface area contributed by atoms with Gasteiger partial charge in [0.25, 0.3) is 0 Å². The molecule has 0 aromatic rings. The Morgan fingerprint density at radius 2 is 1.84 bits per heavy atom. The van der Waals surface area contributed by atoms with E-state index >= 15 is 0 Å². The van der Waals surface area contributed by atoms with E-state index in [0.29, 0.717) is 6.42 Å². The number of primary amides is 1. The third-order valence-electron chi connectivity index (χ3n) is 4.10.